The van der Waals surface area contributed by atoms with Crippen molar-refractivity contribution in [1.29, 1.82) is 5.26 Å². The minimum Gasteiger partial charge on any atom is -0.310 e. The summed E-state index contributed by atoms with van der Waals surface area (Å²) in [6.07, 6.45) is 0. The van der Waals surface area contributed by atoms with Crippen molar-refractivity contribution >= 4 is 71.1 Å². The van der Waals surface area contributed by atoms with E-state index in [-0.39, 0.29) is 0 Å². The summed E-state index contributed by atoms with van der Waals surface area (Å²) in [4.78, 5) is 3.72. The maximum atomic E-state index is 9.92. The highest BCUT2D eigenvalue weighted by molar-refractivity contribution is 6.14. The Morgan fingerprint density at radius 1 is 0.382 bits per heavy atom. The highest BCUT2D eigenvalue weighted by Gasteiger charge is 2.19. The number of aromatic nitrogens is 3. The van der Waals surface area contributed by atoms with E-state index in [0.717, 1.165) is 66.5 Å². The smallest absolute Gasteiger partial charge is 0.190 e. The van der Waals surface area contributed by atoms with Crippen LogP contribution in [-0.4, -0.2) is 13.7 Å². The van der Waals surface area contributed by atoms with Gasteiger partial charge in [0.05, 0.1) is 45.7 Å². The molecule has 3 aromatic heterocycles. The molecule has 5 heteroatoms. The van der Waals surface area contributed by atoms with Crippen molar-refractivity contribution < 1.29 is 0 Å². The number of hydrogen-bond donors (Lipinski definition) is 0. The van der Waals surface area contributed by atoms with Crippen molar-refractivity contribution in [3.8, 4) is 34.3 Å². The van der Waals surface area contributed by atoms with E-state index in [1.165, 1.54) is 27.1 Å². The van der Waals surface area contributed by atoms with Crippen LogP contribution in [0.1, 0.15) is 5.56 Å². The Kier molecular flexibility index (Phi) is 6.61. The molecular formula is C50H29N5. The molecule has 0 unspecified atom stereocenters. The summed E-state index contributed by atoms with van der Waals surface area (Å²) in [5, 5.41) is 16.9. The first kappa shape index (κ1) is 30.7. The van der Waals surface area contributed by atoms with Gasteiger partial charge in [0.15, 0.2) is 5.69 Å². The van der Waals surface area contributed by atoms with E-state index in [1.54, 1.807) is 6.07 Å². The molecule has 5 nitrogen and oxygen atoms in total. The molecule has 0 saturated heterocycles. The normalized spacial score (nSPS) is 11.6. The van der Waals surface area contributed by atoms with E-state index in [0.29, 0.717) is 11.3 Å². The Hall–Kier alpha value is -7.86. The SMILES string of the molecule is [C-]#[N+]c1cc(C#N)cc(-n2c3ccc(-c4ccc5c(c4)c4ccccc4n5-c4ccccc4)cc3c3cc(-n4c5ccccc5c5ccccc54)ccc32)c1. The maximum absolute atomic E-state index is 9.92. The Labute approximate surface area is 316 Å². The van der Waals surface area contributed by atoms with Crippen LogP contribution in [0.3, 0.4) is 0 Å². The van der Waals surface area contributed by atoms with Crippen molar-refractivity contribution in [3.63, 3.8) is 0 Å². The molecule has 0 fully saturated rings. The van der Waals surface area contributed by atoms with E-state index < -0.39 is 0 Å². The predicted octanol–water partition coefficient (Wildman–Crippen LogP) is 13.1. The molecule has 0 aliphatic heterocycles. The van der Waals surface area contributed by atoms with Crippen LogP contribution in [0.2, 0.25) is 0 Å². The molecule has 11 aromatic rings. The van der Waals surface area contributed by atoms with Crippen LogP contribution >= 0.6 is 0 Å². The topological polar surface area (TPSA) is 42.9 Å². The van der Waals surface area contributed by atoms with Gasteiger partial charge in [-0.1, -0.05) is 84.9 Å². The Morgan fingerprint density at radius 2 is 0.836 bits per heavy atom. The summed E-state index contributed by atoms with van der Waals surface area (Å²) in [6.45, 7) is 7.79. The van der Waals surface area contributed by atoms with Gasteiger partial charge in [0.1, 0.15) is 0 Å². The van der Waals surface area contributed by atoms with Crippen molar-refractivity contribution in [2.75, 3.05) is 0 Å². The summed E-state index contributed by atoms with van der Waals surface area (Å²) in [5.41, 5.74) is 12.8. The zero-order chi connectivity index (χ0) is 36.6. The van der Waals surface area contributed by atoms with Crippen LogP contribution in [0.4, 0.5) is 5.69 Å². The average Bonchev–Trinajstić information content (AvgIpc) is 3.88. The Bertz CT molecular complexity index is 3370. The molecule has 0 spiro atoms. The van der Waals surface area contributed by atoms with Gasteiger partial charge in [-0.3, -0.25) is 0 Å². The molecule has 0 atom stereocenters. The standard InChI is InChI=1S/C50H29N5/c1-52-35-25-32(31-51)26-38(29-35)55-49-23-20-34(33-19-22-48-42(27-33)41-15-7-10-18-47(41)53(48)36-11-3-2-4-12-36)28-43(49)44-30-37(21-24-50(44)55)54-45-16-8-5-13-39(45)40-14-6-9-17-46(40)54/h2-30H. The maximum Gasteiger partial charge on any atom is 0.190 e. The van der Waals surface area contributed by atoms with E-state index in [1.807, 2.05) is 12.1 Å². The van der Waals surface area contributed by atoms with E-state index in [4.69, 9.17) is 6.57 Å². The van der Waals surface area contributed by atoms with Crippen LogP contribution in [0.5, 0.6) is 0 Å². The number of fused-ring (bicyclic) bond motifs is 9. The molecule has 0 radical (unpaired) electrons. The summed E-state index contributed by atoms with van der Waals surface area (Å²) < 4.78 is 6.88. The van der Waals surface area contributed by atoms with Gasteiger partial charge in [-0.2, -0.15) is 5.26 Å². The molecule has 55 heavy (non-hydrogen) atoms. The summed E-state index contributed by atoms with van der Waals surface area (Å²) >= 11 is 0. The molecule has 0 N–H and O–H groups in total. The number of hydrogen-bond acceptors (Lipinski definition) is 1. The van der Waals surface area contributed by atoms with Gasteiger partial charge < -0.3 is 13.7 Å². The van der Waals surface area contributed by atoms with Gasteiger partial charge in [0.25, 0.3) is 0 Å². The zero-order valence-electron chi connectivity index (χ0n) is 29.5. The largest absolute Gasteiger partial charge is 0.310 e. The molecule has 0 aliphatic carbocycles. The lowest BCUT2D eigenvalue weighted by Gasteiger charge is -2.11. The molecule has 0 amide bonds. The second kappa shape index (κ2) is 11.8. The fourth-order valence-electron chi connectivity index (χ4n) is 8.67. The van der Waals surface area contributed by atoms with Crippen LogP contribution in [0.15, 0.2) is 176 Å². The lowest BCUT2D eigenvalue weighted by Crippen LogP contribution is -1.96. The lowest BCUT2D eigenvalue weighted by atomic mass is 10.0. The van der Waals surface area contributed by atoms with Crippen LogP contribution in [0.25, 0.3) is 98.5 Å². The Balaban J connectivity index is 1.18. The number of rotatable bonds is 4. The van der Waals surface area contributed by atoms with Gasteiger partial charge in [-0.05, 0) is 102 Å². The second-order valence-electron chi connectivity index (χ2n) is 14.0. The van der Waals surface area contributed by atoms with Gasteiger partial charge in [0, 0.05) is 54.9 Å². The van der Waals surface area contributed by atoms with Crippen LogP contribution < -0.4 is 0 Å². The van der Waals surface area contributed by atoms with Crippen molar-refractivity contribution in [1.82, 2.24) is 13.7 Å². The number of para-hydroxylation sites is 4. The van der Waals surface area contributed by atoms with E-state index in [9.17, 15) is 5.26 Å². The quantitative estimate of drug-likeness (QED) is 0.169. The van der Waals surface area contributed by atoms with E-state index in [2.05, 4.69) is 182 Å². The fraction of sp³-hybridized carbons (Fsp3) is 0. The average molecular weight is 700 g/mol. The monoisotopic (exact) mass is 699 g/mol. The second-order valence-corrected chi connectivity index (χ2v) is 14.0. The first-order valence-electron chi connectivity index (χ1n) is 18.3. The van der Waals surface area contributed by atoms with Gasteiger partial charge >= 0.3 is 0 Å². The third-order valence-corrected chi connectivity index (χ3v) is 11.0. The van der Waals surface area contributed by atoms with Gasteiger partial charge in [-0.15, -0.1) is 0 Å². The van der Waals surface area contributed by atoms with Gasteiger partial charge in [0.2, 0.25) is 0 Å². The number of nitrogens with zero attached hydrogens (tertiary/aromatic N) is 5. The third kappa shape index (κ3) is 4.58. The summed E-state index contributed by atoms with van der Waals surface area (Å²) in [5.74, 6) is 0. The van der Waals surface area contributed by atoms with E-state index >= 15 is 0 Å². The fourth-order valence-corrected chi connectivity index (χ4v) is 8.67. The van der Waals surface area contributed by atoms with Gasteiger partial charge in [-0.25, -0.2) is 4.85 Å². The molecule has 8 aromatic carbocycles. The molecule has 11 rings (SSSR count). The highest BCUT2D eigenvalue weighted by atomic mass is 15.0. The summed E-state index contributed by atoms with van der Waals surface area (Å²) in [7, 11) is 0. The summed E-state index contributed by atoms with van der Waals surface area (Å²) in [6, 6.07) is 64.1. The lowest BCUT2D eigenvalue weighted by molar-refractivity contribution is 1.16. The van der Waals surface area contributed by atoms with Crippen molar-refractivity contribution in [2.24, 2.45) is 0 Å². The zero-order valence-corrected chi connectivity index (χ0v) is 29.5. The highest BCUT2D eigenvalue weighted by Crippen LogP contribution is 2.40. The van der Waals surface area contributed by atoms with Crippen molar-refractivity contribution in [3.05, 3.63) is 193 Å². The Morgan fingerprint density at radius 3 is 1.42 bits per heavy atom. The minimum atomic E-state index is 0.436. The number of benzene rings is 8. The van der Waals surface area contributed by atoms with Crippen molar-refractivity contribution in [2.45, 2.75) is 0 Å². The third-order valence-electron chi connectivity index (χ3n) is 11.0. The molecule has 0 saturated carbocycles. The van der Waals surface area contributed by atoms with Crippen LogP contribution in [-0.2, 0) is 0 Å². The first-order chi connectivity index (χ1) is 27.2. The molecule has 0 aliphatic rings. The molecular weight excluding hydrogens is 671 g/mol. The predicted molar refractivity (Wildman–Crippen MR) is 226 cm³/mol. The number of nitriles is 1. The molecule has 254 valence electrons. The first-order valence-corrected chi connectivity index (χ1v) is 18.3. The minimum absolute atomic E-state index is 0.436. The molecule has 0 bridgehead atoms. The molecule has 3 heterocycles. The van der Waals surface area contributed by atoms with Crippen LogP contribution in [0, 0.1) is 17.9 Å².